The zero-order valence-corrected chi connectivity index (χ0v) is 12.9. The van der Waals surface area contributed by atoms with E-state index in [-0.39, 0.29) is 18.8 Å². The molecule has 0 amide bonds. The number of carbonyl (C=O) groups excluding carboxylic acids is 2. The van der Waals surface area contributed by atoms with Crippen molar-refractivity contribution in [1.29, 1.82) is 0 Å². The second kappa shape index (κ2) is 8.09. The molecule has 0 spiro atoms. The Morgan fingerprint density at radius 2 is 1.81 bits per heavy atom. The quantitative estimate of drug-likeness (QED) is 0.618. The van der Waals surface area contributed by atoms with E-state index in [1.54, 1.807) is 7.11 Å². The monoisotopic (exact) mass is 291 g/mol. The zero-order chi connectivity index (χ0) is 15.8. The minimum Gasteiger partial charge on any atom is -0.495 e. The molecule has 1 N–H and O–H groups in total. The molecule has 5 nitrogen and oxygen atoms in total. The predicted octanol–water partition coefficient (Wildman–Crippen LogP) is 2.92. The van der Waals surface area contributed by atoms with Crippen molar-refractivity contribution in [2.24, 2.45) is 0 Å². The number of esters is 1. The van der Waals surface area contributed by atoms with Crippen LogP contribution in [0.2, 0.25) is 0 Å². The third-order valence-corrected chi connectivity index (χ3v) is 2.91. The first kappa shape index (κ1) is 16.8. The number of rotatable bonds is 7. The van der Waals surface area contributed by atoms with Crippen LogP contribution < -0.4 is 10.1 Å². The van der Waals surface area contributed by atoms with E-state index in [1.807, 2.05) is 38.1 Å². The first-order chi connectivity index (χ1) is 9.93. The van der Waals surface area contributed by atoms with Crippen LogP contribution in [0.1, 0.15) is 27.2 Å². The van der Waals surface area contributed by atoms with Gasteiger partial charge in [-0.3, -0.25) is 9.59 Å². The summed E-state index contributed by atoms with van der Waals surface area (Å²) in [5, 5.41) is 3.22. The van der Waals surface area contributed by atoms with E-state index in [1.165, 1.54) is 6.92 Å². The summed E-state index contributed by atoms with van der Waals surface area (Å²) >= 11 is 0. The van der Waals surface area contributed by atoms with Gasteiger partial charge in [0.15, 0.2) is 0 Å². The third kappa shape index (κ3) is 5.69. The van der Waals surface area contributed by atoms with Crippen molar-refractivity contribution >= 4 is 17.4 Å². The van der Waals surface area contributed by atoms with Gasteiger partial charge in [0, 0.05) is 5.70 Å². The van der Waals surface area contributed by atoms with Gasteiger partial charge in [0.25, 0.3) is 0 Å². The number of hydrogen-bond donors (Lipinski definition) is 1. The van der Waals surface area contributed by atoms with Gasteiger partial charge in [0.2, 0.25) is 0 Å². The van der Waals surface area contributed by atoms with Crippen LogP contribution >= 0.6 is 0 Å². The van der Waals surface area contributed by atoms with E-state index < -0.39 is 5.97 Å². The molecule has 0 saturated heterocycles. The van der Waals surface area contributed by atoms with E-state index in [2.05, 4.69) is 5.32 Å². The highest BCUT2D eigenvalue weighted by atomic mass is 16.5. The predicted molar refractivity (Wildman–Crippen MR) is 81.2 cm³/mol. The van der Waals surface area contributed by atoms with Crippen LogP contribution in [0.4, 0.5) is 5.69 Å². The lowest BCUT2D eigenvalue weighted by molar-refractivity contribution is -0.144. The molecule has 114 valence electrons. The van der Waals surface area contributed by atoms with Crippen LogP contribution in [0.15, 0.2) is 35.5 Å². The highest BCUT2D eigenvalue weighted by Crippen LogP contribution is 2.25. The van der Waals surface area contributed by atoms with Gasteiger partial charge in [-0.15, -0.1) is 0 Å². The minimum absolute atomic E-state index is 0.153. The van der Waals surface area contributed by atoms with Crippen molar-refractivity contribution in [2.75, 3.05) is 19.0 Å². The molecule has 0 radical (unpaired) electrons. The smallest absolute Gasteiger partial charge is 0.313 e. The number of benzene rings is 1. The summed E-state index contributed by atoms with van der Waals surface area (Å²) in [5.41, 5.74) is 2.58. The second-order valence-electron chi connectivity index (χ2n) is 4.77. The van der Waals surface area contributed by atoms with E-state index >= 15 is 0 Å². The standard InChI is InChI=1S/C16H21NO4/c1-11(10-21-16(19)9-12(2)18)13(3)17-14-7-5-6-8-15(14)20-4/h5-8,17H,9-10H2,1-4H3. The average Bonchev–Trinajstić information content (AvgIpc) is 2.44. The van der Waals surface area contributed by atoms with Crippen LogP contribution in [0.25, 0.3) is 0 Å². The Morgan fingerprint density at radius 1 is 1.14 bits per heavy atom. The van der Waals surface area contributed by atoms with Gasteiger partial charge in [0.1, 0.15) is 24.6 Å². The highest BCUT2D eigenvalue weighted by Gasteiger charge is 2.08. The lowest BCUT2D eigenvalue weighted by Gasteiger charge is -2.14. The van der Waals surface area contributed by atoms with Crippen molar-refractivity contribution in [3.05, 3.63) is 35.5 Å². The number of ketones is 1. The van der Waals surface area contributed by atoms with Gasteiger partial charge in [-0.25, -0.2) is 0 Å². The first-order valence-electron chi connectivity index (χ1n) is 6.65. The summed E-state index contributed by atoms with van der Waals surface area (Å²) in [7, 11) is 1.61. The van der Waals surface area contributed by atoms with Crippen LogP contribution in [-0.4, -0.2) is 25.5 Å². The SMILES string of the molecule is COc1ccccc1NC(C)=C(C)COC(=O)CC(C)=O. The van der Waals surface area contributed by atoms with Crippen LogP contribution in [0.3, 0.4) is 0 Å². The van der Waals surface area contributed by atoms with Gasteiger partial charge in [0.05, 0.1) is 12.8 Å². The molecule has 0 aromatic heterocycles. The molecular weight excluding hydrogens is 270 g/mol. The van der Waals surface area contributed by atoms with E-state index in [0.29, 0.717) is 0 Å². The van der Waals surface area contributed by atoms with E-state index in [0.717, 1.165) is 22.7 Å². The third-order valence-electron chi connectivity index (χ3n) is 2.91. The number of carbonyl (C=O) groups is 2. The molecule has 0 atom stereocenters. The summed E-state index contributed by atoms with van der Waals surface area (Å²) in [5.74, 6) is 0.0238. The van der Waals surface area contributed by atoms with Crippen molar-refractivity contribution in [2.45, 2.75) is 27.2 Å². The van der Waals surface area contributed by atoms with Crippen molar-refractivity contribution in [3.63, 3.8) is 0 Å². The minimum atomic E-state index is -0.507. The van der Waals surface area contributed by atoms with Crippen LogP contribution in [-0.2, 0) is 14.3 Å². The number of anilines is 1. The Labute approximate surface area is 124 Å². The molecule has 0 heterocycles. The maximum absolute atomic E-state index is 11.3. The largest absolute Gasteiger partial charge is 0.495 e. The van der Waals surface area contributed by atoms with E-state index in [9.17, 15) is 9.59 Å². The molecule has 0 aliphatic rings. The molecular formula is C16H21NO4. The van der Waals surface area contributed by atoms with E-state index in [4.69, 9.17) is 9.47 Å². The summed E-state index contributed by atoms with van der Waals surface area (Å²) in [6.45, 7) is 5.26. The fraction of sp³-hybridized carbons (Fsp3) is 0.375. The van der Waals surface area contributed by atoms with Gasteiger partial charge in [-0.05, 0) is 38.5 Å². The molecule has 0 fully saturated rings. The van der Waals surface area contributed by atoms with Crippen molar-refractivity contribution < 1.29 is 19.1 Å². The molecule has 1 aromatic carbocycles. The molecule has 21 heavy (non-hydrogen) atoms. The Morgan fingerprint density at radius 3 is 2.43 bits per heavy atom. The number of allylic oxidation sites excluding steroid dienone is 1. The van der Waals surface area contributed by atoms with Gasteiger partial charge >= 0.3 is 5.97 Å². The summed E-state index contributed by atoms with van der Waals surface area (Å²) in [6.07, 6.45) is -0.188. The lowest BCUT2D eigenvalue weighted by Crippen LogP contribution is -2.12. The van der Waals surface area contributed by atoms with Gasteiger partial charge in [-0.2, -0.15) is 0 Å². The molecule has 0 bridgehead atoms. The Kier molecular flexibility index (Phi) is 6.46. The Bertz CT molecular complexity index is 549. The van der Waals surface area contributed by atoms with Crippen LogP contribution in [0, 0.1) is 0 Å². The summed E-state index contributed by atoms with van der Waals surface area (Å²) in [6, 6.07) is 7.55. The van der Waals surface area contributed by atoms with Crippen molar-refractivity contribution in [1.82, 2.24) is 0 Å². The first-order valence-corrected chi connectivity index (χ1v) is 6.65. The maximum Gasteiger partial charge on any atom is 0.313 e. The molecule has 0 saturated carbocycles. The second-order valence-corrected chi connectivity index (χ2v) is 4.77. The molecule has 0 aliphatic carbocycles. The Balaban J connectivity index is 2.65. The highest BCUT2D eigenvalue weighted by molar-refractivity contribution is 5.94. The molecule has 0 aliphatic heterocycles. The zero-order valence-electron chi connectivity index (χ0n) is 12.9. The number of ether oxygens (including phenoxy) is 2. The summed E-state index contributed by atoms with van der Waals surface area (Å²) in [4.78, 5) is 22.1. The fourth-order valence-electron chi connectivity index (χ4n) is 1.61. The number of methoxy groups -OCH3 is 1. The molecule has 1 aromatic rings. The Hall–Kier alpha value is -2.30. The number of Topliss-reactive ketones (excluding diaryl/α,β-unsaturated/α-hetero) is 1. The lowest BCUT2D eigenvalue weighted by atomic mass is 10.2. The van der Waals surface area contributed by atoms with Gasteiger partial charge < -0.3 is 14.8 Å². The average molecular weight is 291 g/mol. The normalized spacial score (nSPS) is 11.4. The number of para-hydroxylation sites is 2. The molecule has 5 heteroatoms. The maximum atomic E-state index is 11.3. The molecule has 0 unspecified atom stereocenters. The number of nitrogens with one attached hydrogen (secondary N) is 1. The van der Waals surface area contributed by atoms with Crippen molar-refractivity contribution in [3.8, 4) is 5.75 Å². The van der Waals surface area contributed by atoms with Crippen LogP contribution in [0.5, 0.6) is 5.75 Å². The fourth-order valence-corrected chi connectivity index (χ4v) is 1.61. The topological polar surface area (TPSA) is 64.6 Å². The number of hydrogen-bond acceptors (Lipinski definition) is 5. The molecule has 1 rings (SSSR count). The van der Waals surface area contributed by atoms with Gasteiger partial charge in [-0.1, -0.05) is 12.1 Å². The summed E-state index contributed by atoms with van der Waals surface area (Å²) < 4.78 is 10.3.